The van der Waals surface area contributed by atoms with Crippen LogP contribution in [0.1, 0.15) is 0 Å². The van der Waals surface area contributed by atoms with Gasteiger partial charge < -0.3 is 4.42 Å². The van der Waals surface area contributed by atoms with Crippen molar-refractivity contribution in [3.8, 4) is 11.5 Å². The third-order valence-corrected chi connectivity index (χ3v) is 2.83. The van der Waals surface area contributed by atoms with Gasteiger partial charge in [-0.3, -0.25) is 0 Å². The summed E-state index contributed by atoms with van der Waals surface area (Å²) in [5.41, 5.74) is 0.640. The molecule has 18 heavy (non-hydrogen) atoms. The summed E-state index contributed by atoms with van der Waals surface area (Å²) >= 11 is 5.95. The van der Waals surface area contributed by atoms with Gasteiger partial charge in [0.05, 0.1) is 16.5 Å². The number of nitrogens with zero attached hydrogens (tertiary/aromatic N) is 2. The van der Waals surface area contributed by atoms with Crippen LogP contribution in [0.3, 0.4) is 0 Å². The molecule has 0 aliphatic rings. The fraction of sp³-hybridized carbons (Fsp3) is 0. The van der Waals surface area contributed by atoms with Crippen LogP contribution in [0.4, 0.5) is 0 Å². The van der Waals surface area contributed by atoms with Gasteiger partial charge in [-0.15, -0.1) is 0 Å². The summed E-state index contributed by atoms with van der Waals surface area (Å²) in [7, 11) is 0. The Morgan fingerprint density at radius 3 is 2.78 bits per heavy atom. The molecule has 2 aromatic heterocycles. The Balaban J connectivity index is 2.32. The van der Waals surface area contributed by atoms with Crippen molar-refractivity contribution in [3.63, 3.8) is 0 Å². The Morgan fingerprint density at radius 2 is 1.94 bits per heavy atom. The quantitative estimate of drug-likeness (QED) is 0.630. The van der Waals surface area contributed by atoms with Crippen LogP contribution in [0, 0.1) is 0 Å². The molecule has 0 radical (unpaired) electrons. The maximum absolute atomic E-state index is 11.8. The highest BCUT2D eigenvalue weighted by atomic mass is 35.5. The molecule has 0 aliphatic heterocycles. The van der Waals surface area contributed by atoms with E-state index in [2.05, 4.69) is 9.97 Å². The molecule has 0 aliphatic carbocycles. The van der Waals surface area contributed by atoms with Gasteiger partial charge in [-0.2, -0.15) is 0 Å². The standard InChI is InChI=1S/C13H7ClN2O2/c14-11-9(5-3-7-15-11)12-16-10-6-2-1-4-8(10)13(17)18-12/h1-7H. The Labute approximate surface area is 107 Å². The Bertz CT molecular complexity index is 783. The molecule has 0 N–H and O–H groups in total. The lowest BCUT2D eigenvalue weighted by atomic mass is 10.2. The lowest BCUT2D eigenvalue weighted by Crippen LogP contribution is -2.02. The first-order chi connectivity index (χ1) is 8.75. The van der Waals surface area contributed by atoms with Crippen LogP contribution in [-0.4, -0.2) is 9.97 Å². The second-order valence-corrected chi connectivity index (χ2v) is 4.02. The van der Waals surface area contributed by atoms with E-state index < -0.39 is 5.63 Å². The van der Waals surface area contributed by atoms with Gasteiger partial charge in [0.25, 0.3) is 0 Å². The number of hydrogen-bond acceptors (Lipinski definition) is 4. The highest BCUT2D eigenvalue weighted by Crippen LogP contribution is 2.24. The first-order valence-corrected chi connectivity index (χ1v) is 5.64. The summed E-state index contributed by atoms with van der Waals surface area (Å²) in [6.45, 7) is 0. The molecular formula is C13H7ClN2O2. The van der Waals surface area contributed by atoms with E-state index in [0.717, 1.165) is 0 Å². The monoisotopic (exact) mass is 258 g/mol. The lowest BCUT2D eigenvalue weighted by Gasteiger charge is -2.02. The van der Waals surface area contributed by atoms with Crippen molar-refractivity contribution in [1.29, 1.82) is 0 Å². The van der Waals surface area contributed by atoms with Gasteiger partial charge in [0.15, 0.2) is 0 Å². The van der Waals surface area contributed by atoms with Crippen LogP contribution < -0.4 is 5.63 Å². The number of rotatable bonds is 1. The third-order valence-electron chi connectivity index (χ3n) is 2.52. The van der Waals surface area contributed by atoms with Gasteiger partial charge in [-0.05, 0) is 24.3 Å². The first kappa shape index (κ1) is 10.9. The molecule has 3 rings (SSSR count). The minimum atomic E-state index is -0.435. The van der Waals surface area contributed by atoms with E-state index in [9.17, 15) is 4.79 Å². The SMILES string of the molecule is O=c1oc(-c2cccnc2Cl)nc2ccccc12. The number of para-hydroxylation sites is 1. The Hall–Kier alpha value is -2.20. The molecule has 0 saturated heterocycles. The van der Waals surface area contributed by atoms with Gasteiger partial charge in [-0.25, -0.2) is 14.8 Å². The first-order valence-electron chi connectivity index (χ1n) is 5.26. The molecule has 4 nitrogen and oxygen atoms in total. The summed E-state index contributed by atoms with van der Waals surface area (Å²) < 4.78 is 5.17. The zero-order chi connectivity index (χ0) is 12.5. The van der Waals surface area contributed by atoms with Crippen molar-refractivity contribution in [1.82, 2.24) is 9.97 Å². The van der Waals surface area contributed by atoms with Crippen LogP contribution in [0.25, 0.3) is 22.4 Å². The molecule has 5 heteroatoms. The average molecular weight is 259 g/mol. The summed E-state index contributed by atoms with van der Waals surface area (Å²) in [5.74, 6) is 0.178. The average Bonchev–Trinajstić information content (AvgIpc) is 2.39. The molecule has 0 amide bonds. The fourth-order valence-electron chi connectivity index (χ4n) is 1.68. The third kappa shape index (κ3) is 1.76. The van der Waals surface area contributed by atoms with Crippen LogP contribution >= 0.6 is 11.6 Å². The summed E-state index contributed by atoms with van der Waals surface area (Å²) in [5, 5.41) is 0.699. The number of pyridine rings is 1. The highest BCUT2D eigenvalue weighted by Gasteiger charge is 2.11. The van der Waals surface area contributed by atoms with E-state index in [-0.39, 0.29) is 11.0 Å². The summed E-state index contributed by atoms with van der Waals surface area (Å²) in [4.78, 5) is 20.0. The van der Waals surface area contributed by atoms with Crippen molar-refractivity contribution in [2.45, 2.75) is 0 Å². The highest BCUT2D eigenvalue weighted by molar-refractivity contribution is 6.31. The largest absolute Gasteiger partial charge is 0.403 e. The number of halogens is 1. The van der Waals surface area contributed by atoms with Gasteiger partial charge in [-0.1, -0.05) is 23.7 Å². The van der Waals surface area contributed by atoms with Crippen LogP contribution in [-0.2, 0) is 0 Å². The van der Waals surface area contributed by atoms with E-state index in [1.165, 1.54) is 0 Å². The molecule has 1 aromatic carbocycles. The van der Waals surface area contributed by atoms with Gasteiger partial charge in [0.1, 0.15) is 5.15 Å². The molecule has 0 fully saturated rings. The Kier molecular flexibility index (Phi) is 2.57. The zero-order valence-electron chi connectivity index (χ0n) is 9.13. The second-order valence-electron chi connectivity index (χ2n) is 3.67. The lowest BCUT2D eigenvalue weighted by molar-refractivity contribution is 0.518. The fourth-order valence-corrected chi connectivity index (χ4v) is 1.88. The maximum atomic E-state index is 11.8. The molecule has 0 spiro atoms. The number of benzene rings is 1. The second kappa shape index (κ2) is 4.23. The van der Waals surface area contributed by atoms with E-state index in [1.54, 1.807) is 36.5 Å². The molecule has 0 atom stereocenters. The molecular weight excluding hydrogens is 252 g/mol. The van der Waals surface area contributed by atoms with Crippen molar-refractivity contribution in [2.75, 3.05) is 0 Å². The van der Waals surface area contributed by atoms with Crippen molar-refractivity contribution < 1.29 is 4.42 Å². The number of aromatic nitrogens is 2. The number of fused-ring (bicyclic) bond motifs is 1. The summed E-state index contributed by atoms with van der Waals surface area (Å²) in [6, 6.07) is 10.4. The van der Waals surface area contributed by atoms with Crippen LogP contribution in [0.5, 0.6) is 0 Å². The molecule has 3 aromatic rings. The normalized spacial score (nSPS) is 10.7. The Morgan fingerprint density at radius 1 is 1.11 bits per heavy atom. The molecule has 2 heterocycles. The minimum absolute atomic E-state index is 0.178. The molecule has 0 unspecified atom stereocenters. The smallest absolute Gasteiger partial charge is 0.347 e. The molecule has 0 saturated carbocycles. The van der Waals surface area contributed by atoms with Gasteiger partial charge in [0.2, 0.25) is 5.89 Å². The topological polar surface area (TPSA) is 56.0 Å². The van der Waals surface area contributed by atoms with Crippen molar-refractivity contribution in [2.24, 2.45) is 0 Å². The van der Waals surface area contributed by atoms with E-state index in [0.29, 0.717) is 16.5 Å². The van der Waals surface area contributed by atoms with Gasteiger partial charge in [0, 0.05) is 6.20 Å². The van der Waals surface area contributed by atoms with E-state index in [4.69, 9.17) is 16.0 Å². The van der Waals surface area contributed by atoms with E-state index in [1.807, 2.05) is 6.07 Å². The number of hydrogen-bond donors (Lipinski definition) is 0. The van der Waals surface area contributed by atoms with Crippen LogP contribution in [0.15, 0.2) is 51.8 Å². The van der Waals surface area contributed by atoms with Crippen molar-refractivity contribution >= 4 is 22.5 Å². The van der Waals surface area contributed by atoms with E-state index >= 15 is 0 Å². The maximum Gasteiger partial charge on any atom is 0.347 e. The predicted octanol–water partition coefficient (Wildman–Crippen LogP) is 2.90. The minimum Gasteiger partial charge on any atom is -0.403 e. The predicted molar refractivity (Wildman–Crippen MR) is 68.5 cm³/mol. The van der Waals surface area contributed by atoms with Gasteiger partial charge >= 0.3 is 5.63 Å². The summed E-state index contributed by atoms with van der Waals surface area (Å²) in [6.07, 6.45) is 1.56. The molecule has 88 valence electrons. The van der Waals surface area contributed by atoms with Crippen LogP contribution in [0.2, 0.25) is 5.15 Å². The molecule has 0 bridgehead atoms. The zero-order valence-corrected chi connectivity index (χ0v) is 9.89. The van der Waals surface area contributed by atoms with Crippen molar-refractivity contribution in [3.05, 3.63) is 58.2 Å².